The van der Waals surface area contributed by atoms with Gasteiger partial charge in [-0.25, -0.2) is 14.4 Å². The average Bonchev–Trinajstić information content (AvgIpc) is 3.46. The van der Waals surface area contributed by atoms with E-state index in [0.29, 0.717) is 41.0 Å². The Labute approximate surface area is 144 Å². The van der Waals surface area contributed by atoms with E-state index in [-0.39, 0.29) is 5.82 Å². The number of rotatable bonds is 5. The Kier molecular flexibility index (Phi) is 4.01. The van der Waals surface area contributed by atoms with Gasteiger partial charge in [0.2, 0.25) is 5.88 Å². The second-order valence-electron chi connectivity index (χ2n) is 6.13. The van der Waals surface area contributed by atoms with Crippen LogP contribution in [-0.2, 0) is 0 Å². The summed E-state index contributed by atoms with van der Waals surface area (Å²) in [4.78, 5) is 12.4. The van der Waals surface area contributed by atoms with Crippen molar-refractivity contribution in [3.63, 3.8) is 0 Å². The number of ether oxygens (including phenoxy) is 1. The summed E-state index contributed by atoms with van der Waals surface area (Å²) < 4.78 is 20.4. The highest BCUT2D eigenvalue weighted by Crippen LogP contribution is 2.34. The Morgan fingerprint density at radius 1 is 1.08 bits per heavy atom. The number of hydrogen-bond acceptors (Lipinski definition) is 5. The van der Waals surface area contributed by atoms with Gasteiger partial charge in [-0.3, -0.25) is 4.98 Å². The molecular weight excluding hydrogens is 319 g/mol. The van der Waals surface area contributed by atoms with Crippen molar-refractivity contribution in [2.75, 3.05) is 12.3 Å². The van der Waals surface area contributed by atoms with E-state index >= 15 is 0 Å². The van der Waals surface area contributed by atoms with Crippen molar-refractivity contribution in [1.82, 2.24) is 15.0 Å². The summed E-state index contributed by atoms with van der Waals surface area (Å²) in [6, 6.07) is 8.68. The van der Waals surface area contributed by atoms with Gasteiger partial charge >= 0.3 is 0 Å². The largest absolute Gasteiger partial charge is 0.477 e. The lowest BCUT2D eigenvalue weighted by Crippen LogP contribution is -2.02. The van der Waals surface area contributed by atoms with Crippen molar-refractivity contribution < 1.29 is 9.13 Å². The number of halogens is 1. The standard InChI is InChI=1S/C19H17FN4O/c20-16-8-13(5-6-15(16)17-9-24-18(21)10-23-17)14-2-1-7-22-19(14)25-11-12-3-4-12/h1-2,5-10,12H,3-4,11H2,(H2,21,24). The molecule has 126 valence electrons. The second kappa shape index (κ2) is 6.47. The molecule has 0 atom stereocenters. The van der Waals surface area contributed by atoms with E-state index in [0.717, 1.165) is 5.56 Å². The molecule has 0 aliphatic heterocycles. The summed E-state index contributed by atoms with van der Waals surface area (Å²) in [6.07, 6.45) is 6.96. The zero-order chi connectivity index (χ0) is 17.2. The van der Waals surface area contributed by atoms with Crippen molar-refractivity contribution in [3.05, 3.63) is 54.7 Å². The number of benzene rings is 1. The first-order valence-corrected chi connectivity index (χ1v) is 8.16. The molecule has 1 saturated carbocycles. The van der Waals surface area contributed by atoms with E-state index in [1.54, 1.807) is 12.3 Å². The van der Waals surface area contributed by atoms with Crippen LogP contribution >= 0.6 is 0 Å². The van der Waals surface area contributed by atoms with Crippen LogP contribution in [0.4, 0.5) is 10.2 Å². The van der Waals surface area contributed by atoms with E-state index in [2.05, 4.69) is 15.0 Å². The Morgan fingerprint density at radius 3 is 2.68 bits per heavy atom. The number of nitrogen functional groups attached to an aromatic ring is 1. The fourth-order valence-corrected chi connectivity index (χ4v) is 2.57. The molecule has 5 nitrogen and oxygen atoms in total. The fourth-order valence-electron chi connectivity index (χ4n) is 2.57. The normalized spacial score (nSPS) is 13.6. The molecule has 0 amide bonds. The van der Waals surface area contributed by atoms with E-state index in [9.17, 15) is 4.39 Å². The zero-order valence-electron chi connectivity index (χ0n) is 13.5. The molecular formula is C19H17FN4O. The van der Waals surface area contributed by atoms with Crippen molar-refractivity contribution >= 4 is 5.82 Å². The van der Waals surface area contributed by atoms with Gasteiger partial charge in [0.05, 0.1) is 24.7 Å². The second-order valence-corrected chi connectivity index (χ2v) is 6.13. The van der Waals surface area contributed by atoms with Crippen molar-refractivity contribution in [3.8, 4) is 28.3 Å². The number of nitrogens with zero attached hydrogens (tertiary/aromatic N) is 3. The van der Waals surface area contributed by atoms with Gasteiger partial charge in [0, 0.05) is 17.3 Å². The molecule has 6 heteroatoms. The van der Waals surface area contributed by atoms with Crippen LogP contribution in [0.25, 0.3) is 22.4 Å². The lowest BCUT2D eigenvalue weighted by molar-refractivity contribution is 0.290. The fraction of sp³-hybridized carbons (Fsp3) is 0.211. The monoisotopic (exact) mass is 336 g/mol. The zero-order valence-corrected chi connectivity index (χ0v) is 13.5. The molecule has 2 heterocycles. The number of nitrogens with two attached hydrogens (primary N) is 1. The molecule has 0 unspecified atom stereocenters. The van der Waals surface area contributed by atoms with E-state index < -0.39 is 0 Å². The van der Waals surface area contributed by atoms with Crippen molar-refractivity contribution in [2.45, 2.75) is 12.8 Å². The predicted octanol–water partition coefficient (Wildman–Crippen LogP) is 3.72. The maximum atomic E-state index is 14.6. The molecule has 1 aliphatic rings. The van der Waals surface area contributed by atoms with Gasteiger partial charge in [0.1, 0.15) is 11.6 Å². The third kappa shape index (κ3) is 3.42. The van der Waals surface area contributed by atoms with Gasteiger partial charge in [-0.05, 0) is 48.6 Å². The first kappa shape index (κ1) is 15.5. The summed E-state index contributed by atoms with van der Waals surface area (Å²) in [7, 11) is 0. The van der Waals surface area contributed by atoms with Crippen LogP contribution in [0, 0.1) is 11.7 Å². The average molecular weight is 336 g/mol. The molecule has 0 saturated heterocycles. The van der Waals surface area contributed by atoms with Gasteiger partial charge in [-0.15, -0.1) is 0 Å². The predicted molar refractivity (Wildman–Crippen MR) is 93.3 cm³/mol. The van der Waals surface area contributed by atoms with Crippen LogP contribution in [0.3, 0.4) is 0 Å². The Hall–Kier alpha value is -3.02. The van der Waals surface area contributed by atoms with Gasteiger partial charge in [-0.1, -0.05) is 6.07 Å². The lowest BCUT2D eigenvalue weighted by Gasteiger charge is -2.11. The molecule has 1 aliphatic carbocycles. The summed E-state index contributed by atoms with van der Waals surface area (Å²) in [6.45, 7) is 0.658. The molecule has 1 aromatic carbocycles. The molecule has 25 heavy (non-hydrogen) atoms. The number of hydrogen-bond donors (Lipinski definition) is 1. The number of anilines is 1. The SMILES string of the molecule is Nc1cnc(-c2ccc(-c3cccnc3OCC3CC3)cc2F)cn1. The third-order valence-corrected chi connectivity index (χ3v) is 4.15. The van der Waals surface area contributed by atoms with Crippen molar-refractivity contribution in [2.24, 2.45) is 5.92 Å². The molecule has 4 rings (SSSR count). The lowest BCUT2D eigenvalue weighted by atomic mass is 10.0. The molecule has 2 N–H and O–H groups in total. The van der Waals surface area contributed by atoms with E-state index in [1.165, 1.54) is 31.3 Å². The Balaban J connectivity index is 1.65. The maximum absolute atomic E-state index is 14.6. The van der Waals surface area contributed by atoms with Crippen LogP contribution < -0.4 is 10.5 Å². The van der Waals surface area contributed by atoms with E-state index in [4.69, 9.17) is 10.5 Å². The van der Waals surface area contributed by atoms with Gasteiger partial charge < -0.3 is 10.5 Å². The molecule has 0 bridgehead atoms. The third-order valence-electron chi connectivity index (χ3n) is 4.15. The highest BCUT2D eigenvalue weighted by atomic mass is 19.1. The van der Waals surface area contributed by atoms with Gasteiger partial charge in [-0.2, -0.15) is 0 Å². The summed E-state index contributed by atoms with van der Waals surface area (Å²) >= 11 is 0. The number of aromatic nitrogens is 3. The van der Waals surface area contributed by atoms with Crippen LogP contribution in [0.15, 0.2) is 48.9 Å². The summed E-state index contributed by atoms with van der Waals surface area (Å²) in [5, 5.41) is 0. The maximum Gasteiger partial charge on any atom is 0.221 e. The quantitative estimate of drug-likeness (QED) is 0.769. The van der Waals surface area contributed by atoms with Crippen molar-refractivity contribution in [1.29, 1.82) is 0 Å². The Bertz CT molecular complexity index is 894. The van der Waals surface area contributed by atoms with E-state index in [1.807, 2.05) is 18.2 Å². The smallest absolute Gasteiger partial charge is 0.221 e. The summed E-state index contributed by atoms with van der Waals surface area (Å²) in [5.74, 6) is 1.08. The minimum Gasteiger partial charge on any atom is -0.477 e. The highest BCUT2D eigenvalue weighted by Gasteiger charge is 2.23. The first-order chi connectivity index (χ1) is 12.2. The topological polar surface area (TPSA) is 73.9 Å². The highest BCUT2D eigenvalue weighted by molar-refractivity contribution is 5.72. The molecule has 0 spiro atoms. The molecule has 3 aromatic rings. The van der Waals surface area contributed by atoms with Gasteiger partial charge in [0.25, 0.3) is 0 Å². The van der Waals surface area contributed by atoms with Crippen LogP contribution in [0.2, 0.25) is 0 Å². The van der Waals surface area contributed by atoms with Crippen LogP contribution in [0.5, 0.6) is 5.88 Å². The van der Waals surface area contributed by atoms with Crippen LogP contribution in [-0.4, -0.2) is 21.6 Å². The van der Waals surface area contributed by atoms with Crippen LogP contribution in [0.1, 0.15) is 12.8 Å². The minimum atomic E-state index is -0.381. The number of pyridine rings is 1. The van der Waals surface area contributed by atoms with Gasteiger partial charge in [0.15, 0.2) is 0 Å². The minimum absolute atomic E-state index is 0.300. The molecule has 2 aromatic heterocycles. The first-order valence-electron chi connectivity index (χ1n) is 8.16. The summed E-state index contributed by atoms with van der Waals surface area (Å²) in [5.41, 5.74) is 7.83. The molecule has 0 radical (unpaired) electrons. The Morgan fingerprint density at radius 2 is 1.96 bits per heavy atom. The molecule has 1 fully saturated rings.